The first-order chi connectivity index (χ1) is 9.63. The number of carbonyl (C=O) groups is 1. The fraction of sp³-hybridized carbons (Fsp3) is 0.143. The van der Waals surface area contributed by atoms with Crippen LogP contribution < -0.4 is 10.7 Å². The van der Waals surface area contributed by atoms with Gasteiger partial charge in [0, 0.05) is 5.69 Å². The second-order valence-electron chi connectivity index (χ2n) is 4.15. The van der Waals surface area contributed by atoms with Gasteiger partial charge in [0.05, 0.1) is 12.8 Å². The van der Waals surface area contributed by atoms with Crippen LogP contribution in [-0.2, 0) is 4.79 Å². The molecule has 2 N–H and O–H groups in total. The molecule has 0 aliphatic heterocycles. The molecule has 6 heteroatoms. The van der Waals surface area contributed by atoms with Gasteiger partial charge >= 0.3 is 0 Å². The second-order valence-corrected chi connectivity index (χ2v) is 4.94. The maximum absolute atomic E-state index is 11.6. The Hall–Kier alpha value is -2.08. The standard InChI is InChI=1S/C14H14BrN3O2/c1-10-2-4-11(5-3-10)16-9-14(19)18-17-8-12-6-7-13(15)20-12/h2-8,16H,9H2,1H3,(H,18,19)/b17-8-. The van der Waals surface area contributed by atoms with E-state index in [2.05, 4.69) is 31.8 Å². The van der Waals surface area contributed by atoms with Crippen molar-refractivity contribution in [1.82, 2.24) is 5.43 Å². The van der Waals surface area contributed by atoms with Crippen LogP contribution in [0, 0.1) is 6.92 Å². The number of hydrogen-bond donors (Lipinski definition) is 2. The number of aryl methyl sites for hydroxylation is 1. The number of furan rings is 1. The summed E-state index contributed by atoms with van der Waals surface area (Å²) in [5.41, 5.74) is 4.48. The van der Waals surface area contributed by atoms with Crippen LogP contribution in [0.3, 0.4) is 0 Å². The lowest BCUT2D eigenvalue weighted by Gasteiger charge is -2.05. The monoisotopic (exact) mass is 335 g/mol. The number of anilines is 1. The summed E-state index contributed by atoms with van der Waals surface area (Å²) < 4.78 is 5.82. The third kappa shape index (κ3) is 4.55. The third-order valence-electron chi connectivity index (χ3n) is 2.48. The van der Waals surface area contributed by atoms with E-state index in [9.17, 15) is 4.79 Å². The summed E-state index contributed by atoms with van der Waals surface area (Å²) in [5.74, 6) is 0.330. The lowest BCUT2D eigenvalue weighted by Crippen LogP contribution is -2.25. The fourth-order valence-electron chi connectivity index (χ4n) is 1.46. The Kier molecular flexibility index (Phi) is 4.95. The summed E-state index contributed by atoms with van der Waals surface area (Å²) in [6.07, 6.45) is 1.44. The minimum absolute atomic E-state index is 0.155. The van der Waals surface area contributed by atoms with Crippen molar-refractivity contribution in [3.05, 3.63) is 52.4 Å². The molecule has 5 nitrogen and oxygen atoms in total. The number of carbonyl (C=O) groups excluding carboxylic acids is 1. The maximum atomic E-state index is 11.6. The molecule has 0 unspecified atom stereocenters. The Labute approximate surface area is 125 Å². The van der Waals surface area contributed by atoms with Crippen LogP contribution in [0.25, 0.3) is 0 Å². The highest BCUT2D eigenvalue weighted by Gasteiger charge is 2.00. The lowest BCUT2D eigenvalue weighted by atomic mass is 10.2. The molecule has 20 heavy (non-hydrogen) atoms. The number of rotatable bonds is 5. The van der Waals surface area contributed by atoms with Gasteiger partial charge in [-0.2, -0.15) is 5.10 Å². The minimum Gasteiger partial charge on any atom is -0.448 e. The Morgan fingerprint density at radius 2 is 2.05 bits per heavy atom. The van der Waals surface area contributed by atoms with Gasteiger partial charge < -0.3 is 9.73 Å². The zero-order valence-electron chi connectivity index (χ0n) is 10.9. The van der Waals surface area contributed by atoms with E-state index < -0.39 is 0 Å². The quantitative estimate of drug-likeness (QED) is 0.652. The molecule has 1 heterocycles. The highest BCUT2D eigenvalue weighted by Crippen LogP contribution is 2.12. The third-order valence-corrected chi connectivity index (χ3v) is 2.91. The molecule has 0 radical (unpaired) electrons. The molecule has 0 spiro atoms. The van der Waals surface area contributed by atoms with Crippen molar-refractivity contribution in [2.45, 2.75) is 6.92 Å². The number of amides is 1. The molecule has 0 saturated heterocycles. The van der Waals surface area contributed by atoms with E-state index in [4.69, 9.17) is 4.42 Å². The highest BCUT2D eigenvalue weighted by atomic mass is 79.9. The first-order valence-corrected chi connectivity index (χ1v) is 6.80. The summed E-state index contributed by atoms with van der Waals surface area (Å²) in [5, 5.41) is 6.81. The Balaban J connectivity index is 1.75. The molecule has 0 atom stereocenters. The van der Waals surface area contributed by atoms with Gasteiger partial charge in [-0.25, -0.2) is 5.43 Å². The van der Waals surface area contributed by atoms with Crippen molar-refractivity contribution in [2.75, 3.05) is 11.9 Å². The van der Waals surface area contributed by atoms with E-state index in [0.717, 1.165) is 5.69 Å². The number of hydrazone groups is 1. The topological polar surface area (TPSA) is 66.6 Å². The predicted molar refractivity (Wildman–Crippen MR) is 81.8 cm³/mol. The van der Waals surface area contributed by atoms with E-state index in [0.29, 0.717) is 10.4 Å². The molecule has 0 bridgehead atoms. The van der Waals surface area contributed by atoms with Crippen molar-refractivity contribution in [1.29, 1.82) is 0 Å². The first-order valence-electron chi connectivity index (χ1n) is 6.01. The van der Waals surface area contributed by atoms with E-state index >= 15 is 0 Å². The van der Waals surface area contributed by atoms with Gasteiger partial charge in [-0.15, -0.1) is 0 Å². The maximum Gasteiger partial charge on any atom is 0.259 e. The molecule has 1 amide bonds. The van der Waals surface area contributed by atoms with Gasteiger partial charge in [-0.05, 0) is 47.1 Å². The molecular weight excluding hydrogens is 322 g/mol. The lowest BCUT2D eigenvalue weighted by molar-refractivity contribution is -0.119. The zero-order valence-corrected chi connectivity index (χ0v) is 12.5. The molecule has 0 aliphatic rings. The van der Waals surface area contributed by atoms with Gasteiger partial charge in [-0.3, -0.25) is 4.79 Å². The van der Waals surface area contributed by atoms with E-state index in [-0.39, 0.29) is 12.5 Å². The first kappa shape index (κ1) is 14.3. The number of hydrogen-bond acceptors (Lipinski definition) is 4. The zero-order chi connectivity index (χ0) is 14.4. The van der Waals surface area contributed by atoms with Crippen LogP contribution in [0.4, 0.5) is 5.69 Å². The molecule has 0 aliphatic carbocycles. The van der Waals surface area contributed by atoms with Crippen molar-refractivity contribution in [2.24, 2.45) is 5.10 Å². The Bertz CT molecular complexity index is 605. The number of nitrogens with zero attached hydrogens (tertiary/aromatic N) is 1. The second kappa shape index (κ2) is 6.91. The van der Waals surface area contributed by atoms with E-state index in [1.807, 2.05) is 31.2 Å². The van der Waals surface area contributed by atoms with Crippen LogP contribution in [-0.4, -0.2) is 18.7 Å². The van der Waals surface area contributed by atoms with Crippen molar-refractivity contribution < 1.29 is 9.21 Å². The molecule has 1 aromatic carbocycles. The SMILES string of the molecule is Cc1ccc(NCC(=O)N/N=C\c2ccc(Br)o2)cc1. The highest BCUT2D eigenvalue weighted by molar-refractivity contribution is 9.10. The molecule has 0 fully saturated rings. The molecule has 0 saturated carbocycles. The average molecular weight is 336 g/mol. The minimum atomic E-state index is -0.229. The number of benzene rings is 1. The van der Waals surface area contributed by atoms with Crippen molar-refractivity contribution in [3.63, 3.8) is 0 Å². The smallest absolute Gasteiger partial charge is 0.259 e. The molecular formula is C14H14BrN3O2. The van der Waals surface area contributed by atoms with Crippen LogP contribution >= 0.6 is 15.9 Å². The number of halogens is 1. The van der Waals surface area contributed by atoms with Gasteiger partial charge in [0.15, 0.2) is 4.67 Å². The molecule has 104 valence electrons. The fourth-order valence-corrected chi connectivity index (χ4v) is 1.78. The molecule has 2 rings (SSSR count). The summed E-state index contributed by atoms with van der Waals surface area (Å²) in [6, 6.07) is 11.3. The predicted octanol–water partition coefficient (Wildman–Crippen LogP) is 2.91. The average Bonchev–Trinajstić information content (AvgIpc) is 2.84. The molecule has 1 aromatic heterocycles. The van der Waals surface area contributed by atoms with Gasteiger partial charge in [0.25, 0.3) is 5.91 Å². The normalized spacial score (nSPS) is 10.7. The van der Waals surface area contributed by atoms with E-state index in [1.54, 1.807) is 12.1 Å². The van der Waals surface area contributed by atoms with Crippen LogP contribution in [0.2, 0.25) is 0 Å². The Morgan fingerprint density at radius 1 is 1.30 bits per heavy atom. The van der Waals surface area contributed by atoms with Gasteiger partial charge in [0.2, 0.25) is 0 Å². The summed E-state index contributed by atoms with van der Waals surface area (Å²) in [6.45, 7) is 2.17. The van der Waals surface area contributed by atoms with Crippen LogP contribution in [0.15, 0.2) is 50.6 Å². The molecule has 2 aromatic rings. The van der Waals surface area contributed by atoms with Crippen LogP contribution in [0.1, 0.15) is 11.3 Å². The Morgan fingerprint density at radius 3 is 2.70 bits per heavy atom. The summed E-state index contributed by atoms with van der Waals surface area (Å²) in [7, 11) is 0. The van der Waals surface area contributed by atoms with Gasteiger partial charge in [0.1, 0.15) is 5.76 Å². The van der Waals surface area contributed by atoms with Crippen molar-refractivity contribution >= 4 is 33.7 Å². The summed E-state index contributed by atoms with van der Waals surface area (Å²) >= 11 is 3.18. The largest absolute Gasteiger partial charge is 0.448 e. The van der Waals surface area contributed by atoms with E-state index in [1.165, 1.54) is 11.8 Å². The number of nitrogens with one attached hydrogen (secondary N) is 2. The van der Waals surface area contributed by atoms with Gasteiger partial charge in [-0.1, -0.05) is 17.7 Å². The van der Waals surface area contributed by atoms with Crippen molar-refractivity contribution in [3.8, 4) is 0 Å². The van der Waals surface area contributed by atoms with Crippen LogP contribution in [0.5, 0.6) is 0 Å². The summed E-state index contributed by atoms with van der Waals surface area (Å²) in [4.78, 5) is 11.6.